The summed E-state index contributed by atoms with van der Waals surface area (Å²) < 4.78 is 43.1. The Balaban J connectivity index is 1.72. The van der Waals surface area contributed by atoms with E-state index in [1.165, 1.54) is 19.1 Å². The summed E-state index contributed by atoms with van der Waals surface area (Å²) >= 11 is 0. The number of benzene rings is 2. The van der Waals surface area contributed by atoms with E-state index in [4.69, 9.17) is 4.74 Å². The highest BCUT2D eigenvalue weighted by Gasteiger charge is 2.30. The number of hydrogen-bond acceptors (Lipinski definition) is 3. The van der Waals surface area contributed by atoms with E-state index in [9.17, 15) is 18.0 Å². The van der Waals surface area contributed by atoms with Gasteiger partial charge in [-0.25, -0.2) is 0 Å². The first kappa shape index (κ1) is 18.8. The first-order valence-corrected chi connectivity index (χ1v) is 7.72. The summed E-state index contributed by atoms with van der Waals surface area (Å²) in [5.41, 5.74) is 1.02. The van der Waals surface area contributed by atoms with Gasteiger partial charge in [0.1, 0.15) is 12.4 Å². The zero-order valence-electron chi connectivity index (χ0n) is 13.7. The van der Waals surface area contributed by atoms with Gasteiger partial charge in [-0.2, -0.15) is 13.2 Å². The standard InChI is InChI=1S/C18H19F3N2O2/c1-13(24)23-16-7-5-14(6-8-16)12-22-9-10-25-17-4-2-3-15(11-17)18(19,20)21/h2-8,11,22H,9-10,12H2,1H3,(H,23,24). The molecule has 0 radical (unpaired) electrons. The van der Waals surface area contributed by atoms with Gasteiger partial charge in [0.05, 0.1) is 5.56 Å². The minimum absolute atomic E-state index is 0.127. The molecule has 0 spiro atoms. The van der Waals surface area contributed by atoms with Gasteiger partial charge in [0.25, 0.3) is 0 Å². The van der Waals surface area contributed by atoms with Crippen LogP contribution >= 0.6 is 0 Å². The molecule has 0 fully saturated rings. The zero-order valence-corrected chi connectivity index (χ0v) is 13.7. The molecule has 2 rings (SSSR count). The van der Waals surface area contributed by atoms with Crippen LogP contribution in [0.15, 0.2) is 48.5 Å². The van der Waals surface area contributed by atoms with Gasteiger partial charge in [-0.1, -0.05) is 18.2 Å². The van der Waals surface area contributed by atoms with Gasteiger partial charge in [-0.05, 0) is 35.9 Å². The average molecular weight is 352 g/mol. The summed E-state index contributed by atoms with van der Waals surface area (Å²) in [6.07, 6.45) is -4.37. The zero-order chi connectivity index (χ0) is 18.3. The predicted octanol–water partition coefficient (Wildman–Crippen LogP) is 3.83. The largest absolute Gasteiger partial charge is 0.492 e. The minimum atomic E-state index is -4.37. The van der Waals surface area contributed by atoms with Crippen molar-refractivity contribution in [3.63, 3.8) is 0 Å². The second-order valence-corrected chi connectivity index (χ2v) is 5.43. The third-order valence-electron chi connectivity index (χ3n) is 3.31. The van der Waals surface area contributed by atoms with Crippen molar-refractivity contribution in [3.05, 3.63) is 59.7 Å². The molecule has 1 amide bonds. The molecule has 25 heavy (non-hydrogen) atoms. The highest BCUT2D eigenvalue weighted by Crippen LogP contribution is 2.31. The number of hydrogen-bond donors (Lipinski definition) is 2. The van der Waals surface area contributed by atoms with Crippen LogP contribution in [0.2, 0.25) is 0 Å². The topological polar surface area (TPSA) is 50.4 Å². The molecule has 0 aromatic heterocycles. The normalized spacial score (nSPS) is 11.2. The van der Waals surface area contributed by atoms with E-state index >= 15 is 0 Å². The van der Waals surface area contributed by atoms with E-state index in [-0.39, 0.29) is 18.3 Å². The van der Waals surface area contributed by atoms with Crippen molar-refractivity contribution in [1.82, 2.24) is 5.32 Å². The monoisotopic (exact) mass is 352 g/mol. The molecule has 0 unspecified atom stereocenters. The molecular formula is C18H19F3N2O2. The van der Waals surface area contributed by atoms with Crippen LogP contribution in [0.4, 0.5) is 18.9 Å². The number of anilines is 1. The Morgan fingerprint density at radius 1 is 1.12 bits per heavy atom. The molecule has 0 aliphatic carbocycles. The fraction of sp³-hybridized carbons (Fsp3) is 0.278. The average Bonchev–Trinajstić information content (AvgIpc) is 2.55. The first-order valence-electron chi connectivity index (χ1n) is 7.72. The summed E-state index contributed by atoms with van der Waals surface area (Å²) in [5.74, 6) is 0.0638. The highest BCUT2D eigenvalue weighted by atomic mass is 19.4. The molecule has 0 aliphatic heterocycles. The number of rotatable bonds is 7. The van der Waals surface area contributed by atoms with Crippen molar-refractivity contribution >= 4 is 11.6 Å². The van der Waals surface area contributed by atoms with Crippen LogP contribution in [-0.2, 0) is 17.5 Å². The molecular weight excluding hydrogens is 333 g/mol. The van der Waals surface area contributed by atoms with Crippen molar-refractivity contribution in [3.8, 4) is 5.75 Å². The van der Waals surface area contributed by atoms with Gasteiger partial charge in [-0.15, -0.1) is 0 Å². The molecule has 7 heteroatoms. The molecule has 2 aromatic carbocycles. The van der Waals surface area contributed by atoms with E-state index in [0.29, 0.717) is 13.1 Å². The Bertz CT molecular complexity index is 700. The lowest BCUT2D eigenvalue weighted by Gasteiger charge is -2.11. The summed E-state index contributed by atoms with van der Waals surface area (Å²) in [7, 11) is 0. The maximum Gasteiger partial charge on any atom is 0.416 e. The van der Waals surface area contributed by atoms with Crippen LogP contribution < -0.4 is 15.4 Å². The smallest absolute Gasteiger partial charge is 0.416 e. The van der Waals surface area contributed by atoms with Gasteiger partial charge in [0.15, 0.2) is 0 Å². The molecule has 2 aromatic rings. The third kappa shape index (κ3) is 6.46. The predicted molar refractivity (Wildman–Crippen MR) is 89.4 cm³/mol. The van der Waals surface area contributed by atoms with Gasteiger partial charge >= 0.3 is 6.18 Å². The van der Waals surface area contributed by atoms with Gasteiger partial charge in [0, 0.05) is 25.7 Å². The molecule has 134 valence electrons. The molecule has 0 atom stereocenters. The van der Waals surface area contributed by atoms with Crippen LogP contribution in [0, 0.1) is 0 Å². The summed E-state index contributed by atoms with van der Waals surface area (Å²) in [5, 5.41) is 5.82. The van der Waals surface area contributed by atoms with Gasteiger partial charge in [0.2, 0.25) is 5.91 Å². The fourth-order valence-electron chi connectivity index (χ4n) is 2.15. The fourth-order valence-corrected chi connectivity index (χ4v) is 2.15. The number of amides is 1. The van der Waals surface area contributed by atoms with E-state index in [1.807, 2.05) is 12.1 Å². The van der Waals surface area contributed by atoms with Crippen LogP contribution in [0.5, 0.6) is 5.75 Å². The Hall–Kier alpha value is -2.54. The number of carbonyl (C=O) groups is 1. The van der Waals surface area contributed by atoms with E-state index < -0.39 is 11.7 Å². The Kier molecular flexibility index (Phi) is 6.41. The van der Waals surface area contributed by atoms with Crippen molar-refractivity contribution in [2.75, 3.05) is 18.5 Å². The quantitative estimate of drug-likeness (QED) is 0.745. The second-order valence-electron chi connectivity index (χ2n) is 5.43. The lowest BCUT2D eigenvalue weighted by Crippen LogP contribution is -2.20. The van der Waals surface area contributed by atoms with E-state index in [1.54, 1.807) is 12.1 Å². The molecule has 0 saturated heterocycles. The SMILES string of the molecule is CC(=O)Nc1ccc(CNCCOc2cccc(C(F)(F)F)c2)cc1. The van der Waals surface area contributed by atoms with Gasteiger partial charge in [-0.3, -0.25) is 4.79 Å². The summed E-state index contributed by atoms with van der Waals surface area (Å²) in [4.78, 5) is 10.9. The molecule has 0 heterocycles. The van der Waals surface area contributed by atoms with Crippen molar-refractivity contribution < 1.29 is 22.7 Å². The number of ether oxygens (including phenoxy) is 1. The molecule has 2 N–H and O–H groups in total. The lowest BCUT2D eigenvalue weighted by atomic mass is 10.2. The van der Waals surface area contributed by atoms with E-state index in [2.05, 4.69) is 10.6 Å². The van der Waals surface area contributed by atoms with Gasteiger partial charge < -0.3 is 15.4 Å². The van der Waals surface area contributed by atoms with Crippen LogP contribution in [0.25, 0.3) is 0 Å². The number of carbonyl (C=O) groups excluding carboxylic acids is 1. The van der Waals surface area contributed by atoms with Crippen LogP contribution in [-0.4, -0.2) is 19.1 Å². The molecule has 0 bridgehead atoms. The maximum atomic E-state index is 12.6. The Morgan fingerprint density at radius 2 is 1.84 bits per heavy atom. The van der Waals surface area contributed by atoms with Crippen LogP contribution in [0.1, 0.15) is 18.1 Å². The number of alkyl halides is 3. The lowest BCUT2D eigenvalue weighted by molar-refractivity contribution is -0.137. The highest BCUT2D eigenvalue weighted by molar-refractivity contribution is 5.88. The van der Waals surface area contributed by atoms with Crippen molar-refractivity contribution in [2.45, 2.75) is 19.6 Å². The molecule has 0 aliphatic rings. The third-order valence-corrected chi connectivity index (χ3v) is 3.31. The second kappa shape index (κ2) is 8.53. The van der Waals surface area contributed by atoms with Crippen molar-refractivity contribution in [1.29, 1.82) is 0 Å². The number of halogens is 3. The molecule has 0 saturated carbocycles. The Morgan fingerprint density at radius 3 is 2.48 bits per heavy atom. The summed E-state index contributed by atoms with van der Waals surface area (Å²) in [6, 6.07) is 12.2. The first-order chi connectivity index (χ1) is 11.8. The Labute approximate surface area is 144 Å². The van der Waals surface area contributed by atoms with Crippen molar-refractivity contribution in [2.24, 2.45) is 0 Å². The van der Waals surface area contributed by atoms with Crippen LogP contribution in [0.3, 0.4) is 0 Å². The minimum Gasteiger partial charge on any atom is -0.492 e. The van der Waals surface area contributed by atoms with E-state index in [0.717, 1.165) is 23.4 Å². The molecule has 4 nitrogen and oxygen atoms in total. The summed E-state index contributed by atoms with van der Waals surface area (Å²) in [6.45, 7) is 2.78. The number of nitrogens with one attached hydrogen (secondary N) is 2. The maximum absolute atomic E-state index is 12.6.